The van der Waals surface area contributed by atoms with Crippen LogP contribution in [-0.4, -0.2) is 30.3 Å². The molecular weight excluding hydrogens is 279 g/mol. The van der Waals surface area contributed by atoms with Gasteiger partial charge in [-0.15, -0.1) is 0 Å². The number of ketones is 1. The van der Waals surface area contributed by atoms with Crippen LogP contribution >= 0.6 is 7.60 Å². The van der Waals surface area contributed by atoms with Crippen LogP contribution in [0, 0.1) is 0 Å². The Morgan fingerprint density at radius 2 is 1.75 bits per heavy atom. The first kappa shape index (κ1) is 16.6. The Hall–Kier alpha value is -1.42. The zero-order valence-corrected chi connectivity index (χ0v) is 12.5. The van der Waals surface area contributed by atoms with Crippen LogP contribution in [0.3, 0.4) is 0 Å². The number of allylic oxidation sites excluding steroid dienone is 1. The topological polar surface area (TPSA) is 72.8 Å². The SMILES string of the molecule is CCOP(=O)(CC(=O)/C=C(\O)c1ccccc1)OCC. The molecule has 20 heavy (non-hydrogen) atoms. The number of aliphatic hydroxyl groups excluding tert-OH is 1. The van der Waals surface area contributed by atoms with Crippen molar-refractivity contribution in [2.75, 3.05) is 19.4 Å². The fraction of sp³-hybridized carbons (Fsp3) is 0.357. The Labute approximate surface area is 118 Å². The lowest BCUT2D eigenvalue weighted by Crippen LogP contribution is -2.08. The molecule has 5 nitrogen and oxygen atoms in total. The smallest absolute Gasteiger partial charge is 0.338 e. The van der Waals surface area contributed by atoms with Gasteiger partial charge in [0.15, 0.2) is 5.78 Å². The van der Waals surface area contributed by atoms with Crippen LogP contribution in [0.25, 0.3) is 5.76 Å². The van der Waals surface area contributed by atoms with Crippen LogP contribution in [0.2, 0.25) is 0 Å². The van der Waals surface area contributed by atoms with Gasteiger partial charge in [-0.3, -0.25) is 9.36 Å². The summed E-state index contributed by atoms with van der Waals surface area (Å²) in [6, 6.07) is 8.63. The fourth-order valence-corrected chi connectivity index (χ4v) is 3.12. The van der Waals surface area contributed by atoms with Crippen LogP contribution < -0.4 is 0 Å². The van der Waals surface area contributed by atoms with Crippen molar-refractivity contribution in [3.05, 3.63) is 42.0 Å². The van der Waals surface area contributed by atoms with Gasteiger partial charge in [0.05, 0.1) is 13.2 Å². The summed E-state index contributed by atoms with van der Waals surface area (Å²) in [5.74, 6) is -0.674. The zero-order chi connectivity index (χ0) is 15.0. The molecule has 0 spiro atoms. The number of hydrogen-bond acceptors (Lipinski definition) is 5. The predicted octanol–water partition coefficient (Wildman–Crippen LogP) is 3.42. The number of rotatable bonds is 8. The second kappa shape index (κ2) is 8.00. The molecule has 0 aliphatic carbocycles. The highest BCUT2D eigenvalue weighted by Crippen LogP contribution is 2.47. The molecule has 110 valence electrons. The summed E-state index contributed by atoms with van der Waals surface area (Å²) in [5.41, 5.74) is 0.517. The van der Waals surface area contributed by atoms with E-state index in [-0.39, 0.29) is 25.1 Å². The molecule has 0 aromatic heterocycles. The van der Waals surface area contributed by atoms with E-state index in [0.29, 0.717) is 5.56 Å². The Morgan fingerprint density at radius 3 is 2.25 bits per heavy atom. The lowest BCUT2D eigenvalue weighted by atomic mass is 10.1. The van der Waals surface area contributed by atoms with Gasteiger partial charge in [-0.2, -0.15) is 0 Å². The molecule has 1 rings (SSSR count). The first-order valence-corrected chi connectivity index (χ1v) is 8.10. The molecule has 0 unspecified atom stereocenters. The van der Waals surface area contributed by atoms with Crippen molar-refractivity contribution in [2.24, 2.45) is 0 Å². The average Bonchev–Trinajstić information content (AvgIpc) is 2.39. The van der Waals surface area contributed by atoms with Gasteiger partial charge in [-0.05, 0) is 13.8 Å². The highest BCUT2D eigenvalue weighted by atomic mass is 31.2. The third kappa shape index (κ3) is 5.29. The molecule has 1 aromatic rings. The molecular formula is C14H19O5P. The van der Waals surface area contributed by atoms with E-state index in [1.165, 1.54) is 0 Å². The molecule has 0 aliphatic rings. The summed E-state index contributed by atoms with van der Waals surface area (Å²) < 4.78 is 22.2. The minimum atomic E-state index is -3.43. The number of carbonyl (C=O) groups excluding carboxylic acids is 1. The van der Waals surface area contributed by atoms with Gasteiger partial charge in [0.1, 0.15) is 11.9 Å². The van der Waals surface area contributed by atoms with E-state index >= 15 is 0 Å². The largest absolute Gasteiger partial charge is 0.507 e. The van der Waals surface area contributed by atoms with E-state index in [1.807, 2.05) is 0 Å². The predicted molar refractivity (Wildman–Crippen MR) is 77.8 cm³/mol. The molecule has 1 N–H and O–H groups in total. The summed E-state index contributed by atoms with van der Waals surface area (Å²) in [6.45, 7) is 3.73. The van der Waals surface area contributed by atoms with Crippen molar-refractivity contribution >= 4 is 19.1 Å². The van der Waals surface area contributed by atoms with E-state index in [4.69, 9.17) is 9.05 Å². The highest BCUT2D eigenvalue weighted by Gasteiger charge is 2.26. The summed E-state index contributed by atoms with van der Waals surface area (Å²) >= 11 is 0. The Balaban J connectivity index is 2.78. The van der Waals surface area contributed by atoms with E-state index in [1.54, 1.807) is 44.2 Å². The van der Waals surface area contributed by atoms with Crippen LogP contribution in [0.15, 0.2) is 36.4 Å². The molecule has 0 saturated carbocycles. The van der Waals surface area contributed by atoms with Crippen LogP contribution in [0.4, 0.5) is 0 Å². The van der Waals surface area contributed by atoms with Crippen molar-refractivity contribution in [1.29, 1.82) is 0 Å². The minimum Gasteiger partial charge on any atom is -0.507 e. The second-order valence-electron chi connectivity index (χ2n) is 3.97. The van der Waals surface area contributed by atoms with Gasteiger partial charge in [-0.25, -0.2) is 0 Å². The van der Waals surface area contributed by atoms with Crippen molar-refractivity contribution < 1.29 is 23.5 Å². The monoisotopic (exact) mass is 298 g/mol. The number of carbonyl (C=O) groups is 1. The standard InChI is InChI=1S/C14H19O5P/c1-3-18-20(17,19-4-2)11-13(15)10-14(16)12-8-6-5-7-9-12/h5-10,16H,3-4,11H2,1-2H3/b14-10-. The lowest BCUT2D eigenvalue weighted by Gasteiger charge is -2.15. The minimum absolute atomic E-state index is 0.171. The maximum atomic E-state index is 12.2. The summed E-state index contributed by atoms with van der Waals surface area (Å²) in [7, 11) is -3.43. The van der Waals surface area contributed by atoms with E-state index in [2.05, 4.69) is 0 Å². The maximum Gasteiger partial charge on any atom is 0.338 e. The first-order chi connectivity index (χ1) is 9.50. The Kier molecular flexibility index (Phi) is 6.65. The number of benzene rings is 1. The molecule has 0 aliphatic heterocycles. The third-order valence-corrected chi connectivity index (χ3v) is 4.37. The van der Waals surface area contributed by atoms with Crippen LogP contribution in [0.5, 0.6) is 0 Å². The van der Waals surface area contributed by atoms with E-state index < -0.39 is 13.4 Å². The van der Waals surface area contributed by atoms with Gasteiger partial charge in [0, 0.05) is 11.6 Å². The second-order valence-corrected chi connectivity index (χ2v) is 6.02. The molecule has 0 radical (unpaired) electrons. The van der Waals surface area contributed by atoms with Crippen molar-refractivity contribution in [2.45, 2.75) is 13.8 Å². The summed E-state index contributed by atoms with van der Waals surface area (Å²) in [5, 5.41) is 9.82. The van der Waals surface area contributed by atoms with E-state index in [9.17, 15) is 14.5 Å². The van der Waals surface area contributed by atoms with E-state index in [0.717, 1.165) is 6.08 Å². The Bertz CT molecular complexity index is 500. The summed E-state index contributed by atoms with van der Waals surface area (Å²) in [4.78, 5) is 11.8. The molecule has 0 amide bonds. The quantitative estimate of drug-likeness (QED) is 0.452. The van der Waals surface area contributed by atoms with Crippen LogP contribution in [-0.2, 0) is 18.4 Å². The van der Waals surface area contributed by atoms with Gasteiger partial charge in [0.2, 0.25) is 0 Å². The van der Waals surface area contributed by atoms with Gasteiger partial charge in [-0.1, -0.05) is 30.3 Å². The number of aliphatic hydroxyl groups is 1. The van der Waals surface area contributed by atoms with Gasteiger partial charge in [0.25, 0.3) is 0 Å². The van der Waals surface area contributed by atoms with Crippen molar-refractivity contribution in [3.8, 4) is 0 Å². The molecule has 0 saturated heterocycles. The first-order valence-electron chi connectivity index (χ1n) is 6.37. The molecule has 6 heteroatoms. The average molecular weight is 298 g/mol. The number of hydrogen-bond donors (Lipinski definition) is 1. The third-order valence-electron chi connectivity index (χ3n) is 2.37. The van der Waals surface area contributed by atoms with Crippen molar-refractivity contribution in [3.63, 3.8) is 0 Å². The fourth-order valence-electron chi connectivity index (χ4n) is 1.60. The molecule has 0 fully saturated rings. The summed E-state index contributed by atoms with van der Waals surface area (Å²) in [6.07, 6.45) is 0.658. The highest BCUT2D eigenvalue weighted by molar-refractivity contribution is 7.54. The van der Waals surface area contributed by atoms with Gasteiger partial charge >= 0.3 is 7.60 Å². The van der Waals surface area contributed by atoms with Crippen LogP contribution in [0.1, 0.15) is 19.4 Å². The molecule has 0 heterocycles. The van der Waals surface area contributed by atoms with Gasteiger partial charge < -0.3 is 14.2 Å². The molecule has 0 atom stereocenters. The molecule has 1 aromatic carbocycles. The normalized spacial score (nSPS) is 12.4. The Morgan fingerprint density at radius 1 is 1.20 bits per heavy atom. The van der Waals surface area contributed by atoms with Crippen molar-refractivity contribution in [1.82, 2.24) is 0 Å². The zero-order valence-electron chi connectivity index (χ0n) is 11.6. The molecule has 0 bridgehead atoms. The lowest BCUT2D eigenvalue weighted by molar-refractivity contribution is -0.112. The maximum absolute atomic E-state index is 12.2.